The van der Waals surface area contributed by atoms with Gasteiger partial charge in [-0.25, -0.2) is 14.2 Å². The summed E-state index contributed by atoms with van der Waals surface area (Å²) in [4.78, 5) is 26.5. The van der Waals surface area contributed by atoms with Gasteiger partial charge in [-0.05, 0) is 61.2 Å². The molecule has 35 heavy (non-hydrogen) atoms. The van der Waals surface area contributed by atoms with Crippen LogP contribution < -0.4 is 15.0 Å². The van der Waals surface area contributed by atoms with Gasteiger partial charge in [0.1, 0.15) is 11.6 Å². The number of hydrogen-bond acceptors (Lipinski definition) is 5. The molecule has 2 aromatic carbocycles. The number of halogens is 2. The normalized spacial score (nSPS) is 16.1. The number of fused-ring (bicyclic) bond motifs is 1. The van der Waals surface area contributed by atoms with Crippen LogP contribution >= 0.6 is 11.6 Å². The molecule has 1 fully saturated rings. The summed E-state index contributed by atoms with van der Waals surface area (Å²) in [6, 6.07) is 12.6. The van der Waals surface area contributed by atoms with Crippen molar-refractivity contribution in [1.82, 2.24) is 14.9 Å². The Hall–Kier alpha value is -3.39. The van der Waals surface area contributed by atoms with Crippen molar-refractivity contribution in [2.75, 3.05) is 29.9 Å². The number of amides is 2. The van der Waals surface area contributed by atoms with Gasteiger partial charge in [-0.1, -0.05) is 24.6 Å². The third-order valence-electron chi connectivity index (χ3n) is 6.47. The van der Waals surface area contributed by atoms with Crippen molar-refractivity contribution in [2.24, 2.45) is 5.92 Å². The molecule has 0 spiro atoms. The molecule has 0 aliphatic carbocycles. The average Bonchev–Trinajstić information content (AvgIpc) is 2.85. The van der Waals surface area contributed by atoms with E-state index in [4.69, 9.17) is 26.3 Å². The molecule has 0 bridgehead atoms. The van der Waals surface area contributed by atoms with E-state index in [0.29, 0.717) is 53.7 Å². The molecule has 2 aliphatic rings. The number of nitrogens with one attached hydrogen (secondary N) is 1. The Labute approximate surface area is 208 Å². The number of anilines is 2. The number of hydrogen-bond donors (Lipinski definition) is 1. The van der Waals surface area contributed by atoms with Gasteiger partial charge in [-0.15, -0.1) is 0 Å². The number of urea groups is 1. The molecule has 0 saturated carbocycles. The molecule has 182 valence electrons. The number of nitrogens with zero attached hydrogens (tertiary/aromatic N) is 4. The second kappa shape index (κ2) is 10.1. The smallest absolute Gasteiger partial charge is 0.322 e. The predicted molar refractivity (Wildman–Crippen MR) is 134 cm³/mol. The molecular weight excluding hydrogens is 469 g/mol. The van der Waals surface area contributed by atoms with Crippen LogP contribution in [0, 0.1) is 11.7 Å². The van der Waals surface area contributed by atoms with Crippen LogP contribution in [0.3, 0.4) is 0 Å². The second-order valence-electron chi connectivity index (χ2n) is 9.09. The molecule has 2 aliphatic heterocycles. The topological polar surface area (TPSA) is 70.6 Å². The Morgan fingerprint density at radius 2 is 1.89 bits per heavy atom. The van der Waals surface area contributed by atoms with Crippen LogP contribution in [-0.4, -0.2) is 40.5 Å². The van der Waals surface area contributed by atoms with Gasteiger partial charge in [0.15, 0.2) is 0 Å². The first-order chi connectivity index (χ1) is 16.9. The first-order valence-corrected chi connectivity index (χ1v) is 12.2. The Morgan fingerprint density at radius 3 is 2.63 bits per heavy atom. The maximum Gasteiger partial charge on any atom is 0.322 e. The SMILES string of the molecule is CC1CCN(c2nc3c(c(Oc4ccc(F)cc4)n2)CN(C(=O)Nc2cccc(Cl)c2)CC3)CC1. The fourth-order valence-electron chi connectivity index (χ4n) is 4.36. The fraction of sp³-hybridized carbons (Fsp3) is 0.346. The van der Waals surface area contributed by atoms with Crippen molar-refractivity contribution >= 4 is 29.3 Å². The van der Waals surface area contributed by atoms with E-state index in [1.165, 1.54) is 12.1 Å². The quantitative estimate of drug-likeness (QED) is 0.489. The number of carbonyl (C=O) groups is 1. The zero-order valence-electron chi connectivity index (χ0n) is 19.5. The summed E-state index contributed by atoms with van der Waals surface area (Å²) in [6.45, 7) is 4.86. The van der Waals surface area contributed by atoms with Crippen molar-refractivity contribution in [3.05, 3.63) is 70.6 Å². The minimum absolute atomic E-state index is 0.236. The van der Waals surface area contributed by atoms with E-state index in [1.54, 1.807) is 41.3 Å². The number of aromatic nitrogens is 2. The molecular formula is C26H27ClFN5O2. The van der Waals surface area contributed by atoms with Gasteiger partial charge < -0.3 is 19.9 Å². The fourth-order valence-corrected chi connectivity index (χ4v) is 4.55. The van der Waals surface area contributed by atoms with Gasteiger partial charge in [0.25, 0.3) is 0 Å². The lowest BCUT2D eigenvalue weighted by molar-refractivity contribution is 0.205. The Bertz CT molecular complexity index is 1210. The van der Waals surface area contributed by atoms with Gasteiger partial charge in [-0.3, -0.25) is 0 Å². The van der Waals surface area contributed by atoms with Crippen molar-refractivity contribution < 1.29 is 13.9 Å². The van der Waals surface area contributed by atoms with E-state index in [0.717, 1.165) is 37.2 Å². The Morgan fingerprint density at radius 1 is 1.11 bits per heavy atom. The van der Waals surface area contributed by atoms with Crippen molar-refractivity contribution in [1.29, 1.82) is 0 Å². The number of benzene rings is 2. The van der Waals surface area contributed by atoms with E-state index in [-0.39, 0.29) is 11.8 Å². The maximum atomic E-state index is 13.4. The van der Waals surface area contributed by atoms with Gasteiger partial charge in [0, 0.05) is 36.8 Å². The van der Waals surface area contributed by atoms with Crippen LogP contribution in [0.15, 0.2) is 48.5 Å². The van der Waals surface area contributed by atoms with Crippen molar-refractivity contribution in [3.8, 4) is 11.6 Å². The summed E-state index contributed by atoms with van der Waals surface area (Å²) in [5, 5.41) is 3.45. The van der Waals surface area contributed by atoms with Gasteiger partial charge in [0.2, 0.25) is 11.8 Å². The largest absolute Gasteiger partial charge is 0.438 e. The predicted octanol–water partition coefficient (Wildman–Crippen LogP) is 5.89. The highest BCUT2D eigenvalue weighted by atomic mass is 35.5. The monoisotopic (exact) mass is 495 g/mol. The summed E-state index contributed by atoms with van der Waals surface area (Å²) in [5.74, 6) is 1.87. The van der Waals surface area contributed by atoms with E-state index in [9.17, 15) is 9.18 Å². The lowest BCUT2D eigenvalue weighted by Crippen LogP contribution is -2.40. The van der Waals surface area contributed by atoms with Gasteiger partial charge >= 0.3 is 6.03 Å². The molecule has 0 unspecified atom stereocenters. The molecule has 7 nitrogen and oxygen atoms in total. The van der Waals surface area contributed by atoms with E-state index in [1.807, 2.05) is 0 Å². The van der Waals surface area contributed by atoms with E-state index >= 15 is 0 Å². The molecule has 9 heteroatoms. The molecule has 3 heterocycles. The summed E-state index contributed by atoms with van der Waals surface area (Å²) in [7, 11) is 0. The highest BCUT2D eigenvalue weighted by molar-refractivity contribution is 6.30. The van der Waals surface area contributed by atoms with E-state index in [2.05, 4.69) is 17.1 Å². The first-order valence-electron chi connectivity index (χ1n) is 11.8. The van der Waals surface area contributed by atoms with Crippen LogP contribution in [0.5, 0.6) is 11.6 Å². The van der Waals surface area contributed by atoms with Crippen LogP contribution in [-0.2, 0) is 13.0 Å². The number of rotatable bonds is 4. The third-order valence-corrected chi connectivity index (χ3v) is 6.70. The third kappa shape index (κ3) is 5.48. The van der Waals surface area contributed by atoms with Crippen LogP contribution in [0.4, 0.5) is 20.8 Å². The minimum Gasteiger partial charge on any atom is -0.438 e. The van der Waals surface area contributed by atoms with Crippen LogP contribution in [0.2, 0.25) is 5.02 Å². The van der Waals surface area contributed by atoms with Crippen molar-refractivity contribution in [3.63, 3.8) is 0 Å². The van der Waals surface area contributed by atoms with Crippen LogP contribution in [0.25, 0.3) is 0 Å². The molecule has 3 aromatic rings. The average molecular weight is 496 g/mol. The second-order valence-corrected chi connectivity index (χ2v) is 9.53. The van der Waals surface area contributed by atoms with Gasteiger partial charge in [-0.2, -0.15) is 4.98 Å². The molecule has 0 radical (unpaired) electrons. The number of carbonyl (C=O) groups excluding carboxylic acids is 1. The minimum atomic E-state index is -0.339. The summed E-state index contributed by atoms with van der Waals surface area (Å²) in [5.41, 5.74) is 2.26. The first kappa shape index (κ1) is 23.4. The molecule has 0 atom stereocenters. The Kier molecular flexibility index (Phi) is 6.72. The molecule has 5 rings (SSSR count). The number of ether oxygens (including phenoxy) is 1. The zero-order chi connectivity index (χ0) is 24.4. The lowest BCUT2D eigenvalue weighted by Gasteiger charge is -2.33. The standard InChI is InChI=1S/C26H27ClFN5O2/c1-17-9-12-32(13-10-17)25-30-23-11-14-33(26(34)29-20-4-2-3-18(27)15-20)16-22(23)24(31-25)35-21-7-5-19(28)6-8-21/h2-8,15,17H,9-14,16H2,1H3,(H,29,34). The summed E-state index contributed by atoms with van der Waals surface area (Å²) in [6.07, 6.45) is 2.76. The van der Waals surface area contributed by atoms with Crippen LogP contribution in [0.1, 0.15) is 31.0 Å². The van der Waals surface area contributed by atoms with Gasteiger partial charge in [0.05, 0.1) is 17.8 Å². The molecule has 1 N–H and O–H groups in total. The highest BCUT2D eigenvalue weighted by Gasteiger charge is 2.29. The lowest BCUT2D eigenvalue weighted by atomic mass is 9.99. The Balaban J connectivity index is 1.42. The molecule has 1 aromatic heterocycles. The zero-order valence-corrected chi connectivity index (χ0v) is 20.3. The van der Waals surface area contributed by atoms with E-state index < -0.39 is 0 Å². The highest BCUT2D eigenvalue weighted by Crippen LogP contribution is 2.33. The maximum absolute atomic E-state index is 13.4. The number of piperidine rings is 1. The molecule has 2 amide bonds. The molecule has 1 saturated heterocycles. The van der Waals surface area contributed by atoms with Crippen molar-refractivity contribution in [2.45, 2.75) is 32.7 Å². The summed E-state index contributed by atoms with van der Waals surface area (Å²) >= 11 is 6.05. The summed E-state index contributed by atoms with van der Waals surface area (Å²) < 4.78 is 19.6.